The Bertz CT molecular complexity index is 982. The smallest absolute Gasteiger partial charge is 0.126 e. The molecule has 1 aliphatic carbocycles. The third kappa shape index (κ3) is 6.23. The van der Waals surface area contributed by atoms with Crippen LogP contribution in [-0.4, -0.2) is 0 Å². The third-order valence-corrected chi connectivity index (χ3v) is 7.51. The van der Waals surface area contributed by atoms with E-state index in [0.717, 1.165) is 53.7 Å². The first-order chi connectivity index (χ1) is 15.6. The monoisotopic (exact) mass is 448 g/mol. The summed E-state index contributed by atoms with van der Waals surface area (Å²) in [5, 5.41) is 0.739. The number of halogens is 2. The molecule has 0 aromatic heterocycles. The number of aryl methyl sites for hydroxylation is 4. The zero-order valence-corrected chi connectivity index (χ0v) is 19.9. The molecule has 0 heterocycles. The van der Waals surface area contributed by atoms with E-state index in [-0.39, 0.29) is 5.82 Å². The first-order valence-electron chi connectivity index (χ1n) is 12.2. The number of benzene rings is 3. The highest BCUT2D eigenvalue weighted by atomic mass is 35.5. The fraction of sp³-hybridized carbons (Fsp3) is 0.400. The Morgan fingerprint density at radius 3 is 2.06 bits per heavy atom. The lowest BCUT2D eigenvalue weighted by atomic mass is 9.77. The Labute approximate surface area is 197 Å². The second-order valence-corrected chi connectivity index (χ2v) is 9.84. The highest BCUT2D eigenvalue weighted by Gasteiger charge is 2.22. The van der Waals surface area contributed by atoms with Gasteiger partial charge in [-0.15, -0.1) is 0 Å². The van der Waals surface area contributed by atoms with E-state index >= 15 is 0 Å². The maximum Gasteiger partial charge on any atom is 0.126 e. The molecule has 0 aliphatic heterocycles. The highest BCUT2D eigenvalue weighted by molar-refractivity contribution is 6.30. The van der Waals surface area contributed by atoms with E-state index in [4.69, 9.17) is 11.6 Å². The second-order valence-electron chi connectivity index (χ2n) is 9.40. The van der Waals surface area contributed by atoms with Crippen LogP contribution < -0.4 is 0 Å². The van der Waals surface area contributed by atoms with Crippen LogP contribution in [0, 0.1) is 11.7 Å². The molecule has 0 nitrogen and oxygen atoms in total. The Morgan fingerprint density at radius 1 is 0.750 bits per heavy atom. The van der Waals surface area contributed by atoms with Crippen molar-refractivity contribution in [2.45, 2.75) is 70.6 Å². The summed E-state index contributed by atoms with van der Waals surface area (Å²) in [5.74, 6) is 1.43. The molecule has 32 heavy (non-hydrogen) atoms. The Balaban J connectivity index is 1.23. The molecule has 2 heteroatoms. The zero-order chi connectivity index (χ0) is 22.3. The summed E-state index contributed by atoms with van der Waals surface area (Å²) in [6.45, 7) is 2.21. The van der Waals surface area contributed by atoms with Crippen molar-refractivity contribution < 1.29 is 4.39 Å². The molecule has 3 aromatic rings. The number of hydrogen-bond donors (Lipinski definition) is 0. The van der Waals surface area contributed by atoms with Crippen molar-refractivity contribution in [3.8, 4) is 0 Å². The fourth-order valence-corrected chi connectivity index (χ4v) is 5.19. The summed E-state index contributed by atoms with van der Waals surface area (Å²) < 4.78 is 14.7. The average molecular weight is 449 g/mol. The van der Waals surface area contributed by atoms with E-state index < -0.39 is 0 Å². The van der Waals surface area contributed by atoms with Crippen LogP contribution in [0.15, 0.2) is 66.7 Å². The van der Waals surface area contributed by atoms with Crippen LogP contribution in [0.3, 0.4) is 0 Å². The largest absolute Gasteiger partial charge is 0.207 e. The molecule has 0 amide bonds. The van der Waals surface area contributed by atoms with Gasteiger partial charge in [0.2, 0.25) is 0 Å². The third-order valence-electron chi connectivity index (χ3n) is 7.26. The van der Waals surface area contributed by atoms with Gasteiger partial charge in [-0.3, -0.25) is 0 Å². The first-order valence-corrected chi connectivity index (χ1v) is 12.6. The lowest BCUT2D eigenvalue weighted by Crippen LogP contribution is -2.14. The SMILES string of the molecule is CCc1ccc([C@H]2CC[C@H](CCc3ccc(CCc4ccc(Cl)cc4)c(F)c3)CC2)cc1. The van der Waals surface area contributed by atoms with Crippen molar-refractivity contribution in [1.29, 1.82) is 0 Å². The van der Waals surface area contributed by atoms with Gasteiger partial charge < -0.3 is 0 Å². The van der Waals surface area contributed by atoms with Gasteiger partial charge in [0.1, 0.15) is 5.82 Å². The highest BCUT2D eigenvalue weighted by Crippen LogP contribution is 2.37. The molecule has 0 atom stereocenters. The van der Waals surface area contributed by atoms with Crippen molar-refractivity contribution in [3.05, 3.63) is 105 Å². The molecule has 4 rings (SSSR count). The minimum Gasteiger partial charge on any atom is -0.207 e. The molecule has 0 bridgehead atoms. The van der Waals surface area contributed by atoms with Gasteiger partial charge in [0.15, 0.2) is 0 Å². The van der Waals surface area contributed by atoms with Gasteiger partial charge in [-0.1, -0.05) is 67.1 Å². The van der Waals surface area contributed by atoms with Crippen LogP contribution in [0.4, 0.5) is 4.39 Å². The second kappa shape index (κ2) is 11.1. The van der Waals surface area contributed by atoms with E-state index in [0.29, 0.717) is 0 Å². The number of rotatable bonds is 8. The van der Waals surface area contributed by atoms with Crippen LogP contribution in [0.5, 0.6) is 0 Å². The van der Waals surface area contributed by atoms with Crippen LogP contribution >= 0.6 is 11.6 Å². The van der Waals surface area contributed by atoms with Gasteiger partial charge in [0.05, 0.1) is 0 Å². The molecule has 1 fully saturated rings. The van der Waals surface area contributed by atoms with Crippen molar-refractivity contribution in [3.63, 3.8) is 0 Å². The van der Waals surface area contributed by atoms with Crippen LogP contribution in [0.2, 0.25) is 5.02 Å². The van der Waals surface area contributed by atoms with Gasteiger partial charge in [-0.05, 0) is 116 Å². The number of hydrogen-bond acceptors (Lipinski definition) is 0. The summed E-state index contributed by atoms with van der Waals surface area (Å²) >= 11 is 5.94. The Hall–Kier alpha value is -2.12. The summed E-state index contributed by atoms with van der Waals surface area (Å²) in [5.41, 5.74) is 6.06. The minimum absolute atomic E-state index is 0.0595. The molecule has 168 valence electrons. The molecular formula is C30H34ClF. The Morgan fingerprint density at radius 2 is 1.41 bits per heavy atom. The van der Waals surface area contributed by atoms with E-state index in [2.05, 4.69) is 37.3 Å². The van der Waals surface area contributed by atoms with Gasteiger partial charge >= 0.3 is 0 Å². The zero-order valence-electron chi connectivity index (χ0n) is 19.1. The van der Waals surface area contributed by atoms with Gasteiger partial charge in [0.25, 0.3) is 0 Å². The van der Waals surface area contributed by atoms with Gasteiger partial charge in [-0.2, -0.15) is 0 Å². The van der Waals surface area contributed by atoms with Crippen LogP contribution in [-0.2, 0) is 25.7 Å². The Kier molecular flexibility index (Phi) is 8.03. The predicted octanol–water partition coefficient (Wildman–Crippen LogP) is 8.73. The predicted molar refractivity (Wildman–Crippen MR) is 134 cm³/mol. The van der Waals surface area contributed by atoms with E-state index in [1.807, 2.05) is 30.3 Å². The van der Waals surface area contributed by atoms with Crippen molar-refractivity contribution in [1.82, 2.24) is 0 Å². The molecule has 1 aliphatic rings. The van der Waals surface area contributed by atoms with E-state index in [1.54, 1.807) is 6.07 Å². The molecule has 0 unspecified atom stereocenters. The average Bonchev–Trinajstić information content (AvgIpc) is 2.83. The molecule has 0 N–H and O–H groups in total. The van der Waals surface area contributed by atoms with Crippen molar-refractivity contribution >= 4 is 11.6 Å². The van der Waals surface area contributed by atoms with Crippen molar-refractivity contribution in [2.24, 2.45) is 5.92 Å². The summed E-state index contributed by atoms with van der Waals surface area (Å²) in [7, 11) is 0. The molecular weight excluding hydrogens is 415 g/mol. The lowest BCUT2D eigenvalue weighted by molar-refractivity contribution is 0.310. The van der Waals surface area contributed by atoms with Gasteiger partial charge in [-0.25, -0.2) is 4.39 Å². The summed E-state index contributed by atoms with van der Waals surface area (Å²) in [6.07, 6.45) is 9.97. The fourth-order valence-electron chi connectivity index (χ4n) is 5.06. The maximum atomic E-state index is 14.7. The molecule has 0 spiro atoms. The molecule has 3 aromatic carbocycles. The first kappa shape index (κ1) is 23.1. The molecule has 0 radical (unpaired) electrons. The van der Waals surface area contributed by atoms with E-state index in [9.17, 15) is 4.39 Å². The lowest BCUT2D eigenvalue weighted by Gasteiger charge is -2.29. The topological polar surface area (TPSA) is 0 Å². The van der Waals surface area contributed by atoms with Crippen LogP contribution in [0.1, 0.15) is 72.8 Å². The normalized spacial score (nSPS) is 18.6. The minimum atomic E-state index is -0.0595. The molecule has 1 saturated carbocycles. The van der Waals surface area contributed by atoms with Crippen LogP contribution in [0.25, 0.3) is 0 Å². The standard InChI is InChI=1S/C30H34ClF/c1-2-22-5-13-26(14-6-22)27-15-7-23(8-16-27)3-4-25-10-18-28(30(32)21-25)17-9-24-11-19-29(31)20-12-24/h5-6,10-14,18-21,23,27H,2-4,7-9,15-17H2,1H3/t23-,27-. The van der Waals surface area contributed by atoms with Gasteiger partial charge in [0, 0.05) is 5.02 Å². The molecule has 0 saturated heterocycles. The maximum absolute atomic E-state index is 14.7. The quantitative estimate of drug-likeness (QED) is 0.323. The van der Waals surface area contributed by atoms with E-state index in [1.165, 1.54) is 48.8 Å². The van der Waals surface area contributed by atoms with Crippen molar-refractivity contribution in [2.75, 3.05) is 0 Å². The summed E-state index contributed by atoms with van der Waals surface area (Å²) in [6, 6.07) is 22.9. The summed E-state index contributed by atoms with van der Waals surface area (Å²) in [4.78, 5) is 0.